The molecule has 2 aromatic rings. The summed E-state index contributed by atoms with van der Waals surface area (Å²) in [5.74, 6) is 0.374. The molecule has 4 rings (SSSR count). The number of rotatable bonds is 6. The number of amides is 2. The van der Waals surface area contributed by atoms with E-state index < -0.39 is 11.6 Å². The number of aryl methyl sites for hydroxylation is 1. The van der Waals surface area contributed by atoms with E-state index in [1.165, 1.54) is 0 Å². The summed E-state index contributed by atoms with van der Waals surface area (Å²) in [6.45, 7) is 9.99. The highest BCUT2D eigenvalue weighted by atomic mass is 35.5. The summed E-state index contributed by atoms with van der Waals surface area (Å²) in [5, 5.41) is 10.8. The molecule has 0 aliphatic carbocycles. The first-order valence-electron chi connectivity index (χ1n) is 11.9. The zero-order valence-corrected chi connectivity index (χ0v) is 20.7. The van der Waals surface area contributed by atoms with Gasteiger partial charge in [0, 0.05) is 30.9 Å². The number of nitrogens with one attached hydrogen (secondary N) is 2. The average molecular weight is 472 g/mol. The van der Waals surface area contributed by atoms with Gasteiger partial charge in [0.15, 0.2) is 5.15 Å². The van der Waals surface area contributed by atoms with E-state index in [4.69, 9.17) is 11.6 Å². The molecule has 178 valence electrons. The molecule has 2 saturated heterocycles. The molecule has 0 radical (unpaired) electrons. The Morgan fingerprint density at radius 1 is 1.18 bits per heavy atom. The van der Waals surface area contributed by atoms with Crippen LogP contribution in [0.5, 0.6) is 0 Å². The van der Waals surface area contributed by atoms with E-state index in [-0.39, 0.29) is 17.9 Å². The topological polar surface area (TPSA) is 81.3 Å². The quantitative estimate of drug-likeness (QED) is 0.673. The van der Waals surface area contributed by atoms with Crippen LogP contribution in [0.2, 0.25) is 5.15 Å². The minimum atomic E-state index is -0.785. The van der Waals surface area contributed by atoms with Gasteiger partial charge in [0.05, 0.1) is 6.04 Å². The first-order chi connectivity index (χ1) is 15.8. The Morgan fingerprint density at radius 3 is 2.39 bits per heavy atom. The van der Waals surface area contributed by atoms with E-state index in [9.17, 15) is 9.59 Å². The highest BCUT2D eigenvalue weighted by molar-refractivity contribution is 6.30. The van der Waals surface area contributed by atoms with E-state index in [2.05, 4.69) is 46.4 Å². The molecule has 2 atom stereocenters. The number of halogens is 1. The predicted octanol–water partition coefficient (Wildman–Crippen LogP) is 3.69. The number of piperidine rings is 1. The number of hydrogen-bond acceptors (Lipinski definition) is 4. The summed E-state index contributed by atoms with van der Waals surface area (Å²) in [4.78, 5) is 30.9. The summed E-state index contributed by atoms with van der Waals surface area (Å²) in [6.07, 6.45) is 1.84. The zero-order valence-electron chi connectivity index (χ0n) is 19.9. The van der Waals surface area contributed by atoms with Crippen molar-refractivity contribution in [3.05, 3.63) is 52.3 Å². The number of H-pyrrole nitrogens is 1. The maximum atomic E-state index is 13.4. The van der Waals surface area contributed by atoms with Crippen LogP contribution in [-0.2, 0) is 9.59 Å². The molecule has 2 fully saturated rings. The largest absolute Gasteiger partial charge is 0.342 e. The molecule has 2 amide bonds. The minimum Gasteiger partial charge on any atom is -0.342 e. The summed E-state index contributed by atoms with van der Waals surface area (Å²) in [7, 11) is 0. The van der Waals surface area contributed by atoms with Crippen molar-refractivity contribution in [2.75, 3.05) is 19.6 Å². The van der Waals surface area contributed by atoms with Gasteiger partial charge in [-0.2, -0.15) is 5.10 Å². The molecule has 33 heavy (non-hydrogen) atoms. The number of likely N-dealkylation sites (N-methyl/N-ethyl adjacent to an activating group) is 1. The fourth-order valence-corrected chi connectivity index (χ4v) is 5.82. The Balaban J connectivity index is 1.61. The second-order valence-electron chi connectivity index (χ2n) is 9.67. The fourth-order valence-electron chi connectivity index (χ4n) is 5.54. The lowest BCUT2D eigenvalue weighted by atomic mass is 9.80. The number of benzene rings is 1. The van der Waals surface area contributed by atoms with Gasteiger partial charge < -0.3 is 10.2 Å². The molecular formula is C25H34ClN5O2. The van der Waals surface area contributed by atoms with Crippen molar-refractivity contribution in [3.8, 4) is 0 Å². The standard InChI is InChI=1S/C25H34ClN5O2/c1-5-31-23(32)19(15-16(2)3)27-24(33)25(31)11-13-30(14-12-25)21(18-9-7-6-8-10-18)20-17(4)28-29-22(20)26/h6-10,16,19,21H,5,11-15H2,1-4H3,(H,27,33)(H,28,29). The van der Waals surface area contributed by atoms with Crippen LogP contribution in [0.1, 0.15) is 62.9 Å². The van der Waals surface area contributed by atoms with Crippen LogP contribution in [0, 0.1) is 12.8 Å². The van der Waals surface area contributed by atoms with Gasteiger partial charge in [0.25, 0.3) is 0 Å². The van der Waals surface area contributed by atoms with E-state index in [1.54, 1.807) is 0 Å². The number of aromatic nitrogens is 2. The van der Waals surface area contributed by atoms with Crippen molar-refractivity contribution < 1.29 is 9.59 Å². The summed E-state index contributed by atoms with van der Waals surface area (Å²) >= 11 is 6.51. The van der Waals surface area contributed by atoms with E-state index in [0.29, 0.717) is 50.0 Å². The molecule has 1 aromatic heterocycles. The molecule has 1 spiro atoms. The maximum absolute atomic E-state index is 13.4. The number of aromatic amines is 1. The van der Waals surface area contributed by atoms with Crippen molar-refractivity contribution in [3.63, 3.8) is 0 Å². The smallest absolute Gasteiger partial charge is 0.246 e. The highest BCUT2D eigenvalue weighted by Gasteiger charge is 2.53. The van der Waals surface area contributed by atoms with Gasteiger partial charge >= 0.3 is 0 Å². The van der Waals surface area contributed by atoms with Crippen molar-refractivity contribution in [1.82, 2.24) is 25.3 Å². The third-order valence-electron chi connectivity index (χ3n) is 7.16. The molecule has 2 aliphatic rings. The first kappa shape index (κ1) is 23.8. The van der Waals surface area contributed by atoms with Gasteiger partial charge in [-0.3, -0.25) is 19.6 Å². The molecule has 7 nitrogen and oxygen atoms in total. The number of carbonyl (C=O) groups is 2. The SMILES string of the molecule is CCN1C(=O)C(CC(C)C)NC(=O)C12CCN(C(c1ccccc1)c1c(Cl)n[nH]c1C)CC2. The van der Waals surface area contributed by atoms with Gasteiger partial charge in [-0.1, -0.05) is 55.8 Å². The van der Waals surface area contributed by atoms with Crippen molar-refractivity contribution >= 4 is 23.4 Å². The lowest BCUT2D eigenvalue weighted by molar-refractivity contribution is -0.161. The van der Waals surface area contributed by atoms with Crippen LogP contribution < -0.4 is 5.32 Å². The van der Waals surface area contributed by atoms with E-state index in [1.807, 2.05) is 36.9 Å². The normalized spacial score (nSPS) is 22.1. The molecule has 0 bridgehead atoms. The van der Waals surface area contributed by atoms with Crippen LogP contribution in [0.25, 0.3) is 0 Å². The van der Waals surface area contributed by atoms with Crippen LogP contribution in [0.3, 0.4) is 0 Å². The third-order valence-corrected chi connectivity index (χ3v) is 7.45. The first-order valence-corrected chi connectivity index (χ1v) is 12.3. The molecule has 2 N–H and O–H groups in total. The molecule has 0 saturated carbocycles. The molecule has 2 aliphatic heterocycles. The lowest BCUT2D eigenvalue weighted by Gasteiger charge is -2.52. The van der Waals surface area contributed by atoms with Crippen molar-refractivity contribution in [1.29, 1.82) is 0 Å². The predicted molar refractivity (Wildman–Crippen MR) is 129 cm³/mol. The summed E-state index contributed by atoms with van der Waals surface area (Å²) in [5.41, 5.74) is 2.25. The minimum absolute atomic E-state index is 0.0111. The molecule has 8 heteroatoms. The van der Waals surface area contributed by atoms with Gasteiger partial charge in [-0.05, 0) is 44.6 Å². The molecular weight excluding hydrogens is 438 g/mol. The van der Waals surface area contributed by atoms with E-state index >= 15 is 0 Å². The monoisotopic (exact) mass is 471 g/mol. The third kappa shape index (κ3) is 4.28. The Labute approximate surface area is 200 Å². The Kier molecular flexibility index (Phi) is 6.82. The van der Waals surface area contributed by atoms with Crippen LogP contribution in [0.4, 0.5) is 0 Å². The molecule has 2 unspecified atom stereocenters. The van der Waals surface area contributed by atoms with Gasteiger partial charge in [-0.15, -0.1) is 0 Å². The van der Waals surface area contributed by atoms with Gasteiger partial charge in [-0.25, -0.2) is 0 Å². The molecule has 3 heterocycles. The maximum Gasteiger partial charge on any atom is 0.246 e. The number of nitrogens with zero attached hydrogens (tertiary/aromatic N) is 3. The van der Waals surface area contributed by atoms with Crippen LogP contribution in [0.15, 0.2) is 30.3 Å². The van der Waals surface area contributed by atoms with Crippen molar-refractivity contribution in [2.45, 2.75) is 64.6 Å². The number of piperazine rings is 1. The van der Waals surface area contributed by atoms with E-state index in [0.717, 1.165) is 16.8 Å². The average Bonchev–Trinajstić information content (AvgIpc) is 3.12. The van der Waals surface area contributed by atoms with Crippen LogP contribution >= 0.6 is 11.6 Å². The fraction of sp³-hybridized carbons (Fsp3) is 0.560. The number of carbonyl (C=O) groups excluding carboxylic acids is 2. The van der Waals surface area contributed by atoms with Gasteiger partial charge in [0.1, 0.15) is 11.6 Å². The van der Waals surface area contributed by atoms with Crippen molar-refractivity contribution in [2.24, 2.45) is 5.92 Å². The van der Waals surface area contributed by atoms with Gasteiger partial charge in [0.2, 0.25) is 11.8 Å². The molecule has 1 aromatic carbocycles. The number of likely N-dealkylation sites (tertiary alicyclic amines) is 1. The number of hydrogen-bond donors (Lipinski definition) is 2. The summed E-state index contributed by atoms with van der Waals surface area (Å²) < 4.78 is 0. The Bertz CT molecular complexity index is 978. The second kappa shape index (κ2) is 9.47. The highest BCUT2D eigenvalue weighted by Crippen LogP contribution is 2.40. The zero-order chi connectivity index (χ0) is 23.8. The lowest BCUT2D eigenvalue weighted by Crippen LogP contribution is -2.72. The second-order valence-corrected chi connectivity index (χ2v) is 10.0. The summed E-state index contributed by atoms with van der Waals surface area (Å²) in [6, 6.07) is 9.76. The van der Waals surface area contributed by atoms with Crippen LogP contribution in [-0.4, -0.2) is 63.0 Å². The Hall–Kier alpha value is -2.38. The Morgan fingerprint density at radius 2 is 1.85 bits per heavy atom.